The maximum Gasteiger partial charge on any atom is 0.137 e. The van der Waals surface area contributed by atoms with Crippen LogP contribution in [0.25, 0.3) is 10.1 Å². The average Bonchev–Trinajstić information content (AvgIpc) is 2.96. The third-order valence-electron chi connectivity index (χ3n) is 4.88. The van der Waals surface area contributed by atoms with Crippen molar-refractivity contribution in [1.29, 1.82) is 0 Å². The molecular formula is C16H21N3S. The summed E-state index contributed by atoms with van der Waals surface area (Å²) < 4.78 is 1.36. The highest BCUT2D eigenvalue weighted by Gasteiger charge is 2.37. The van der Waals surface area contributed by atoms with Crippen molar-refractivity contribution in [2.45, 2.75) is 25.7 Å². The second-order valence-corrected chi connectivity index (χ2v) is 7.22. The van der Waals surface area contributed by atoms with Crippen LogP contribution in [-0.4, -0.2) is 31.2 Å². The van der Waals surface area contributed by atoms with Crippen LogP contribution in [0.2, 0.25) is 0 Å². The van der Waals surface area contributed by atoms with Gasteiger partial charge in [0.15, 0.2) is 0 Å². The minimum atomic E-state index is 0.483. The zero-order valence-corrected chi connectivity index (χ0v) is 12.6. The Hall–Kier alpha value is -1.13. The third kappa shape index (κ3) is 2.11. The zero-order chi connectivity index (χ0) is 13.4. The van der Waals surface area contributed by atoms with E-state index in [9.17, 15) is 0 Å². The van der Waals surface area contributed by atoms with E-state index in [0.29, 0.717) is 5.41 Å². The molecule has 1 N–H and O–H groups in total. The predicted molar refractivity (Wildman–Crippen MR) is 85.6 cm³/mol. The van der Waals surface area contributed by atoms with Crippen molar-refractivity contribution in [2.24, 2.45) is 5.41 Å². The van der Waals surface area contributed by atoms with Gasteiger partial charge in [0.05, 0.1) is 0 Å². The number of anilines is 1. The van der Waals surface area contributed by atoms with Crippen molar-refractivity contribution < 1.29 is 0 Å². The molecule has 0 amide bonds. The Balaban J connectivity index is 1.66. The number of nitrogens with one attached hydrogen (secondary N) is 1. The topological polar surface area (TPSA) is 28.2 Å². The van der Waals surface area contributed by atoms with Gasteiger partial charge in [-0.2, -0.15) is 0 Å². The SMILES string of the molecule is c1cc2sccc2c(N2CCCC3(CCCNC3)C2)n1. The minimum Gasteiger partial charge on any atom is -0.355 e. The molecule has 2 aromatic heterocycles. The molecule has 1 spiro atoms. The summed E-state index contributed by atoms with van der Waals surface area (Å²) in [7, 11) is 0. The van der Waals surface area contributed by atoms with E-state index in [1.54, 1.807) is 0 Å². The average molecular weight is 287 g/mol. The first kappa shape index (κ1) is 12.6. The van der Waals surface area contributed by atoms with Crippen molar-refractivity contribution >= 4 is 27.2 Å². The van der Waals surface area contributed by atoms with Crippen molar-refractivity contribution in [3.05, 3.63) is 23.7 Å². The van der Waals surface area contributed by atoms with Crippen LogP contribution in [0, 0.1) is 5.41 Å². The molecule has 2 aliphatic rings. The summed E-state index contributed by atoms with van der Waals surface area (Å²) in [5.74, 6) is 1.20. The van der Waals surface area contributed by atoms with E-state index in [1.807, 2.05) is 17.5 Å². The molecule has 0 aliphatic carbocycles. The quantitative estimate of drug-likeness (QED) is 0.872. The Morgan fingerprint density at radius 3 is 3.10 bits per heavy atom. The first-order valence-corrected chi connectivity index (χ1v) is 8.52. The fraction of sp³-hybridized carbons (Fsp3) is 0.562. The zero-order valence-electron chi connectivity index (χ0n) is 11.8. The van der Waals surface area contributed by atoms with Crippen molar-refractivity contribution in [1.82, 2.24) is 10.3 Å². The van der Waals surface area contributed by atoms with Gasteiger partial charge in [0, 0.05) is 41.3 Å². The van der Waals surface area contributed by atoms with Gasteiger partial charge in [-0.3, -0.25) is 0 Å². The van der Waals surface area contributed by atoms with E-state index in [-0.39, 0.29) is 0 Å². The summed E-state index contributed by atoms with van der Waals surface area (Å²) >= 11 is 1.81. The molecule has 2 fully saturated rings. The van der Waals surface area contributed by atoms with Gasteiger partial charge in [-0.05, 0) is 49.7 Å². The lowest BCUT2D eigenvalue weighted by Crippen LogP contribution is -2.51. The molecule has 20 heavy (non-hydrogen) atoms. The molecule has 4 heteroatoms. The Bertz CT molecular complexity index is 595. The lowest BCUT2D eigenvalue weighted by atomic mass is 9.74. The van der Waals surface area contributed by atoms with Gasteiger partial charge in [0.25, 0.3) is 0 Å². The Morgan fingerprint density at radius 1 is 1.25 bits per heavy atom. The summed E-state index contributed by atoms with van der Waals surface area (Å²) in [6.07, 6.45) is 7.33. The Labute approximate surface area is 124 Å². The number of rotatable bonds is 1. The normalized spacial score (nSPS) is 27.3. The summed E-state index contributed by atoms with van der Waals surface area (Å²) in [4.78, 5) is 7.23. The van der Waals surface area contributed by atoms with Gasteiger partial charge in [0.2, 0.25) is 0 Å². The second kappa shape index (κ2) is 5.01. The first-order chi connectivity index (χ1) is 9.86. The van der Waals surface area contributed by atoms with E-state index >= 15 is 0 Å². The summed E-state index contributed by atoms with van der Waals surface area (Å²) in [6, 6.07) is 4.36. The molecule has 2 aromatic rings. The van der Waals surface area contributed by atoms with Gasteiger partial charge in [-0.25, -0.2) is 4.98 Å². The van der Waals surface area contributed by atoms with E-state index in [2.05, 4.69) is 27.7 Å². The number of piperidine rings is 2. The number of pyridine rings is 1. The molecule has 0 bridgehead atoms. The van der Waals surface area contributed by atoms with E-state index in [4.69, 9.17) is 4.98 Å². The standard InChI is InChI=1S/C16H21N3S/c1-5-16(11-17-7-1)6-2-9-19(12-16)15-13-4-10-20-14(13)3-8-18-15/h3-4,8,10,17H,1-2,5-7,9,11-12H2. The fourth-order valence-electron chi connectivity index (χ4n) is 3.90. The van der Waals surface area contributed by atoms with Crippen LogP contribution in [-0.2, 0) is 0 Å². The van der Waals surface area contributed by atoms with Crippen molar-refractivity contribution in [3.8, 4) is 0 Å². The molecular weight excluding hydrogens is 266 g/mol. The fourth-order valence-corrected chi connectivity index (χ4v) is 4.68. The Morgan fingerprint density at radius 2 is 2.20 bits per heavy atom. The van der Waals surface area contributed by atoms with Crippen LogP contribution < -0.4 is 10.2 Å². The third-order valence-corrected chi connectivity index (χ3v) is 5.76. The van der Waals surface area contributed by atoms with Gasteiger partial charge < -0.3 is 10.2 Å². The maximum atomic E-state index is 4.69. The molecule has 0 aromatic carbocycles. The first-order valence-electron chi connectivity index (χ1n) is 7.64. The largest absolute Gasteiger partial charge is 0.355 e. The summed E-state index contributed by atoms with van der Waals surface area (Å²) in [6.45, 7) is 4.70. The molecule has 4 heterocycles. The van der Waals surface area contributed by atoms with Crippen LogP contribution in [0.5, 0.6) is 0 Å². The van der Waals surface area contributed by atoms with Crippen LogP contribution in [0.3, 0.4) is 0 Å². The van der Waals surface area contributed by atoms with E-state index in [0.717, 1.165) is 6.54 Å². The number of aromatic nitrogens is 1. The lowest BCUT2D eigenvalue weighted by Gasteiger charge is -2.46. The van der Waals surface area contributed by atoms with Crippen molar-refractivity contribution in [2.75, 3.05) is 31.1 Å². The number of fused-ring (bicyclic) bond motifs is 1. The van der Waals surface area contributed by atoms with Gasteiger partial charge >= 0.3 is 0 Å². The Kier molecular flexibility index (Phi) is 3.15. The maximum absolute atomic E-state index is 4.69. The number of nitrogens with zero attached hydrogens (tertiary/aromatic N) is 2. The lowest BCUT2D eigenvalue weighted by molar-refractivity contribution is 0.173. The molecule has 1 unspecified atom stereocenters. The number of thiophene rings is 1. The van der Waals surface area contributed by atoms with Crippen LogP contribution in [0.4, 0.5) is 5.82 Å². The molecule has 0 saturated carbocycles. The molecule has 1 atom stereocenters. The van der Waals surface area contributed by atoms with Gasteiger partial charge in [0.1, 0.15) is 5.82 Å². The smallest absolute Gasteiger partial charge is 0.137 e. The van der Waals surface area contributed by atoms with Crippen LogP contribution >= 0.6 is 11.3 Å². The number of hydrogen-bond acceptors (Lipinski definition) is 4. The van der Waals surface area contributed by atoms with Crippen molar-refractivity contribution in [3.63, 3.8) is 0 Å². The van der Waals surface area contributed by atoms with E-state index < -0.39 is 0 Å². The molecule has 4 rings (SSSR count). The molecule has 2 aliphatic heterocycles. The van der Waals surface area contributed by atoms with Crippen LogP contribution in [0.1, 0.15) is 25.7 Å². The molecule has 3 nitrogen and oxygen atoms in total. The molecule has 0 radical (unpaired) electrons. The second-order valence-electron chi connectivity index (χ2n) is 6.27. The molecule has 2 saturated heterocycles. The predicted octanol–water partition coefficient (Wildman–Crippen LogP) is 3.27. The highest BCUT2D eigenvalue weighted by molar-refractivity contribution is 7.17. The molecule has 106 valence electrons. The monoisotopic (exact) mass is 287 g/mol. The summed E-state index contributed by atoms with van der Waals surface area (Å²) in [5, 5.41) is 7.11. The van der Waals surface area contributed by atoms with E-state index in [1.165, 1.54) is 61.2 Å². The van der Waals surface area contributed by atoms with Gasteiger partial charge in [-0.1, -0.05) is 0 Å². The minimum absolute atomic E-state index is 0.483. The highest BCUT2D eigenvalue weighted by Crippen LogP contribution is 2.39. The number of hydrogen-bond donors (Lipinski definition) is 1. The van der Waals surface area contributed by atoms with Gasteiger partial charge in [-0.15, -0.1) is 11.3 Å². The van der Waals surface area contributed by atoms with Crippen LogP contribution in [0.15, 0.2) is 23.7 Å². The summed E-state index contributed by atoms with van der Waals surface area (Å²) in [5.41, 5.74) is 0.483. The highest BCUT2D eigenvalue weighted by atomic mass is 32.1.